The molecule has 0 unspecified atom stereocenters. The lowest BCUT2D eigenvalue weighted by Crippen LogP contribution is -2.28. The Balaban J connectivity index is 1.27. The lowest BCUT2D eigenvalue weighted by molar-refractivity contribution is 0.251. The van der Waals surface area contributed by atoms with Gasteiger partial charge in [0.25, 0.3) is 0 Å². The maximum atomic E-state index is 13.1. The summed E-state index contributed by atoms with van der Waals surface area (Å²) in [5, 5.41) is 30.2. The second kappa shape index (κ2) is 29.2. The van der Waals surface area contributed by atoms with Crippen molar-refractivity contribution in [1.82, 2.24) is 5.32 Å². The van der Waals surface area contributed by atoms with E-state index in [1.54, 1.807) is 0 Å². The normalized spacial score (nSPS) is 12.1. The molecule has 0 aliphatic heterocycles. The van der Waals surface area contributed by atoms with Crippen LogP contribution in [-0.4, -0.2) is 41.0 Å². The first-order valence-electron chi connectivity index (χ1n) is 25.4. The summed E-state index contributed by atoms with van der Waals surface area (Å²) in [5.41, 5.74) is 8.71. The Hall–Kier alpha value is -4.73. The molecule has 6 rings (SSSR count). The molecule has 1 aliphatic carbocycles. The van der Waals surface area contributed by atoms with E-state index in [4.69, 9.17) is 9.47 Å². The van der Waals surface area contributed by atoms with Crippen LogP contribution in [0.2, 0.25) is 0 Å². The van der Waals surface area contributed by atoms with Crippen molar-refractivity contribution >= 4 is 37.0 Å². The molecule has 5 aromatic rings. The van der Waals surface area contributed by atoms with E-state index >= 15 is 0 Å². The van der Waals surface area contributed by atoms with Crippen LogP contribution in [0.15, 0.2) is 97.1 Å². The minimum Gasteiger partial charge on any atom is -0.507 e. The van der Waals surface area contributed by atoms with Crippen LogP contribution in [0, 0.1) is 0 Å². The van der Waals surface area contributed by atoms with Gasteiger partial charge in [0, 0.05) is 37.9 Å². The molecule has 7 nitrogen and oxygen atoms in total. The molecule has 0 atom stereocenters. The molecule has 0 aromatic heterocycles. The van der Waals surface area contributed by atoms with Crippen LogP contribution < -0.4 is 20.1 Å². The number of anilines is 1. The Morgan fingerprint density at radius 1 is 0.448 bits per heavy atom. The highest BCUT2D eigenvalue weighted by Gasteiger charge is 2.21. The standard InChI is InChI=1S/C58H76N2O5S2/c61-54-45-25-22-26-46(54)40-48-28-24-30-50(57(48)65-34-19-12-8-4-2-6-10-14-21-36-67)42-52-38-44(43-59-58(63)60-53-31-16-15-17-32-53)37-51(55(52)62)41-49-29-23-27-47(39-45)56(49)64-33-18-11-7-3-1-5-9-13-20-35-66/h15-17,22-32,37-38,61-62,66-67H,1-14,18-21,33-36,39-43H2,(H2,59,60,63). The van der Waals surface area contributed by atoms with Gasteiger partial charge < -0.3 is 30.3 Å². The lowest BCUT2D eigenvalue weighted by Gasteiger charge is -2.21. The van der Waals surface area contributed by atoms with E-state index < -0.39 is 0 Å². The van der Waals surface area contributed by atoms with E-state index in [-0.39, 0.29) is 18.3 Å². The van der Waals surface area contributed by atoms with Gasteiger partial charge in [-0.3, -0.25) is 0 Å². The highest BCUT2D eigenvalue weighted by atomic mass is 32.1. The Morgan fingerprint density at radius 2 is 0.806 bits per heavy atom. The van der Waals surface area contributed by atoms with Crippen molar-refractivity contribution < 1.29 is 24.5 Å². The average Bonchev–Trinajstić information content (AvgIpc) is 3.33. The number of carbonyl (C=O) groups is 1. The quantitative estimate of drug-likeness (QED) is 0.0228. The maximum absolute atomic E-state index is 13.1. The highest BCUT2D eigenvalue weighted by molar-refractivity contribution is 7.80. The number of aromatic hydroxyl groups is 2. The fourth-order valence-corrected chi connectivity index (χ4v) is 9.74. The molecule has 0 heterocycles. The van der Waals surface area contributed by atoms with Gasteiger partial charge in [0.05, 0.1) is 13.2 Å². The Labute approximate surface area is 412 Å². The summed E-state index contributed by atoms with van der Waals surface area (Å²) in [7, 11) is 0. The number of rotatable bonds is 27. The third-order valence-electron chi connectivity index (χ3n) is 13.0. The van der Waals surface area contributed by atoms with Crippen molar-refractivity contribution in [1.29, 1.82) is 0 Å². The van der Waals surface area contributed by atoms with Gasteiger partial charge in [-0.2, -0.15) is 25.3 Å². The lowest BCUT2D eigenvalue weighted by atomic mass is 9.90. The molecule has 1 aliphatic rings. The van der Waals surface area contributed by atoms with Crippen LogP contribution in [0.5, 0.6) is 23.0 Å². The Morgan fingerprint density at radius 3 is 1.22 bits per heavy atom. The Kier molecular flexibility index (Phi) is 22.5. The van der Waals surface area contributed by atoms with Gasteiger partial charge in [-0.05, 0) is 112 Å². The number of ether oxygens (including phenoxy) is 2. The molecule has 5 aromatic carbocycles. The number of phenolic OH excluding ortho intramolecular Hbond substituents is 2. The predicted octanol–water partition coefficient (Wildman–Crippen LogP) is 14.7. The van der Waals surface area contributed by atoms with Crippen LogP contribution in [0.4, 0.5) is 10.5 Å². The number of urea groups is 1. The van der Waals surface area contributed by atoms with Gasteiger partial charge in [0.15, 0.2) is 0 Å². The molecule has 9 heteroatoms. The van der Waals surface area contributed by atoms with E-state index in [1.165, 1.54) is 89.9 Å². The van der Waals surface area contributed by atoms with Gasteiger partial charge in [0.2, 0.25) is 0 Å². The number of unbranched alkanes of at least 4 members (excludes halogenated alkanes) is 16. The zero-order chi connectivity index (χ0) is 46.9. The van der Waals surface area contributed by atoms with Gasteiger partial charge in [-0.15, -0.1) is 0 Å². The largest absolute Gasteiger partial charge is 0.507 e. The molecule has 2 amide bonds. The van der Waals surface area contributed by atoms with E-state index in [9.17, 15) is 15.0 Å². The van der Waals surface area contributed by atoms with Crippen LogP contribution in [0.25, 0.3) is 0 Å². The van der Waals surface area contributed by atoms with Crippen LogP contribution in [0.3, 0.4) is 0 Å². The van der Waals surface area contributed by atoms with Crippen molar-refractivity contribution in [2.24, 2.45) is 0 Å². The first-order chi connectivity index (χ1) is 32.9. The van der Waals surface area contributed by atoms with E-state index in [0.29, 0.717) is 50.3 Å². The Bertz CT molecular complexity index is 2130. The second-order valence-electron chi connectivity index (χ2n) is 18.4. The molecule has 0 radical (unpaired) electrons. The van der Waals surface area contributed by atoms with Crippen molar-refractivity contribution in [2.75, 3.05) is 30.0 Å². The van der Waals surface area contributed by atoms with Gasteiger partial charge in [0.1, 0.15) is 23.0 Å². The first-order valence-corrected chi connectivity index (χ1v) is 26.6. The number of thiol groups is 2. The fraction of sp³-hybridized carbons (Fsp3) is 0.466. The third-order valence-corrected chi connectivity index (χ3v) is 13.6. The summed E-state index contributed by atoms with van der Waals surface area (Å²) in [6.45, 7) is 1.44. The molecule has 67 heavy (non-hydrogen) atoms. The van der Waals surface area contributed by atoms with E-state index in [1.807, 2.05) is 60.7 Å². The van der Waals surface area contributed by atoms with Gasteiger partial charge >= 0.3 is 6.03 Å². The summed E-state index contributed by atoms with van der Waals surface area (Å²) < 4.78 is 13.5. The number of hydrogen-bond acceptors (Lipinski definition) is 7. The summed E-state index contributed by atoms with van der Waals surface area (Å²) in [5.74, 6) is 4.10. The van der Waals surface area contributed by atoms with Crippen molar-refractivity contribution in [3.05, 3.63) is 147 Å². The van der Waals surface area contributed by atoms with Gasteiger partial charge in [-0.1, -0.05) is 163 Å². The molecule has 0 spiro atoms. The molecule has 0 saturated carbocycles. The van der Waals surface area contributed by atoms with Crippen LogP contribution in [0.1, 0.15) is 166 Å². The second-order valence-corrected chi connectivity index (χ2v) is 19.3. The van der Waals surface area contributed by atoms with Crippen molar-refractivity contribution in [3.63, 3.8) is 0 Å². The monoisotopic (exact) mass is 945 g/mol. The van der Waals surface area contributed by atoms with Crippen LogP contribution >= 0.6 is 25.3 Å². The summed E-state index contributed by atoms with van der Waals surface area (Å²) >= 11 is 8.68. The smallest absolute Gasteiger partial charge is 0.319 e. The zero-order valence-electron chi connectivity index (χ0n) is 39.8. The van der Waals surface area contributed by atoms with Crippen LogP contribution in [-0.2, 0) is 32.2 Å². The number of hydrogen-bond donors (Lipinski definition) is 6. The fourth-order valence-electron chi connectivity index (χ4n) is 9.29. The van der Waals surface area contributed by atoms with Crippen molar-refractivity contribution in [3.8, 4) is 23.0 Å². The summed E-state index contributed by atoms with van der Waals surface area (Å²) in [6, 6.07) is 31.7. The molecular weight excluding hydrogens is 869 g/mol. The summed E-state index contributed by atoms with van der Waals surface area (Å²) in [4.78, 5) is 13.1. The molecule has 0 fully saturated rings. The molecule has 4 N–H and O–H groups in total. The van der Waals surface area contributed by atoms with E-state index in [0.717, 1.165) is 98.8 Å². The van der Waals surface area contributed by atoms with E-state index in [2.05, 4.69) is 72.3 Å². The number of phenols is 2. The molecular formula is C58H76N2O5S2. The topological polar surface area (TPSA) is 100 Å². The SMILES string of the molecule is O=C(NCc1cc2c(O)c(c1)Cc1cccc(c1OCCCCCCCCCCCS)Cc1cccc(c1O)Cc1cccc(c1OCCCCCCCCCCCS)C2)Nc1ccccc1. The zero-order valence-corrected chi connectivity index (χ0v) is 41.6. The van der Waals surface area contributed by atoms with Gasteiger partial charge in [-0.25, -0.2) is 4.79 Å². The maximum Gasteiger partial charge on any atom is 0.319 e. The number of benzene rings is 5. The third kappa shape index (κ3) is 17.1. The number of para-hydroxylation sites is 4. The first kappa shape index (κ1) is 51.7. The minimum atomic E-state index is -0.302. The highest BCUT2D eigenvalue weighted by Crippen LogP contribution is 2.39. The number of carbonyl (C=O) groups excluding carboxylic acids is 1. The predicted molar refractivity (Wildman–Crippen MR) is 284 cm³/mol. The number of fused-ring (bicyclic) bond motifs is 8. The average molecular weight is 945 g/mol. The molecule has 0 saturated heterocycles. The minimum absolute atomic E-state index is 0.233. The molecule has 8 bridgehead atoms. The number of amides is 2. The molecule has 360 valence electrons. The van der Waals surface area contributed by atoms with Crippen molar-refractivity contribution in [2.45, 2.75) is 148 Å². The summed E-state index contributed by atoms with van der Waals surface area (Å²) in [6.07, 6.45) is 23.5. The number of nitrogens with one attached hydrogen (secondary N) is 2.